The van der Waals surface area contributed by atoms with Crippen molar-refractivity contribution >= 4 is 10.0 Å². The molecule has 1 aromatic rings. The van der Waals surface area contributed by atoms with Gasteiger partial charge in [0.1, 0.15) is 0 Å². The number of hydrogen-bond acceptors (Lipinski definition) is 4. The summed E-state index contributed by atoms with van der Waals surface area (Å²) in [5.74, 6) is 0. The fourth-order valence-corrected chi connectivity index (χ4v) is 5.17. The lowest BCUT2D eigenvalue weighted by Crippen LogP contribution is -2.47. The Hall–Kier alpha value is -0.920. The standard InChI is InChI=1S/C13H22N4O2S/c1-2-17-12(4-7-15-17)20(18,19)16-9-3-5-13(11-16)6-8-14-10-13/h4,7,14H,2-3,5-6,8-11H2,1H3/t13-/m0/s1. The molecule has 0 unspecified atom stereocenters. The molecular weight excluding hydrogens is 276 g/mol. The molecule has 2 aliphatic heterocycles. The molecule has 3 heterocycles. The fraction of sp³-hybridized carbons (Fsp3) is 0.769. The quantitative estimate of drug-likeness (QED) is 0.890. The summed E-state index contributed by atoms with van der Waals surface area (Å²) in [5, 5.41) is 7.78. The summed E-state index contributed by atoms with van der Waals surface area (Å²) >= 11 is 0. The van der Waals surface area contributed by atoms with Crippen molar-refractivity contribution in [3.05, 3.63) is 12.3 Å². The molecule has 7 heteroatoms. The summed E-state index contributed by atoms with van der Waals surface area (Å²) in [6.45, 7) is 5.68. The topological polar surface area (TPSA) is 67.2 Å². The van der Waals surface area contributed by atoms with Crippen molar-refractivity contribution in [2.45, 2.75) is 37.8 Å². The van der Waals surface area contributed by atoms with Gasteiger partial charge in [0.05, 0.1) is 6.20 Å². The third-order valence-corrected chi connectivity index (χ3v) is 6.41. The molecule has 20 heavy (non-hydrogen) atoms. The lowest BCUT2D eigenvalue weighted by atomic mass is 9.80. The van der Waals surface area contributed by atoms with E-state index in [9.17, 15) is 8.42 Å². The SMILES string of the molecule is CCn1nccc1S(=O)(=O)N1CCC[C@@]2(CCNC2)C1. The van der Waals surface area contributed by atoms with E-state index in [-0.39, 0.29) is 5.41 Å². The zero-order valence-electron chi connectivity index (χ0n) is 11.9. The molecule has 6 nitrogen and oxygen atoms in total. The van der Waals surface area contributed by atoms with E-state index in [0.29, 0.717) is 24.7 Å². The van der Waals surface area contributed by atoms with Crippen LogP contribution in [0.25, 0.3) is 0 Å². The third kappa shape index (κ3) is 2.27. The monoisotopic (exact) mass is 298 g/mol. The number of aromatic nitrogens is 2. The zero-order chi connectivity index (χ0) is 14.2. The van der Waals surface area contributed by atoms with Gasteiger partial charge in [-0.3, -0.25) is 4.68 Å². The van der Waals surface area contributed by atoms with Gasteiger partial charge in [0.2, 0.25) is 0 Å². The highest BCUT2D eigenvalue weighted by Gasteiger charge is 2.42. The van der Waals surface area contributed by atoms with Gasteiger partial charge in [-0.15, -0.1) is 0 Å². The average Bonchev–Trinajstić information content (AvgIpc) is 3.08. The Labute approximate surface area is 120 Å². The second kappa shape index (κ2) is 5.13. The maximum Gasteiger partial charge on any atom is 0.260 e. The van der Waals surface area contributed by atoms with Crippen molar-refractivity contribution in [2.75, 3.05) is 26.2 Å². The van der Waals surface area contributed by atoms with Crippen LogP contribution in [0.5, 0.6) is 0 Å². The predicted molar refractivity (Wildman–Crippen MR) is 75.8 cm³/mol. The Balaban J connectivity index is 1.87. The van der Waals surface area contributed by atoms with E-state index in [4.69, 9.17) is 0 Å². The first-order valence-electron chi connectivity index (χ1n) is 7.30. The van der Waals surface area contributed by atoms with Gasteiger partial charge in [0.25, 0.3) is 10.0 Å². The molecule has 0 radical (unpaired) electrons. The number of rotatable bonds is 3. The van der Waals surface area contributed by atoms with E-state index < -0.39 is 10.0 Å². The van der Waals surface area contributed by atoms with Crippen molar-refractivity contribution in [1.82, 2.24) is 19.4 Å². The van der Waals surface area contributed by atoms with E-state index in [2.05, 4.69) is 10.4 Å². The van der Waals surface area contributed by atoms with Gasteiger partial charge < -0.3 is 5.32 Å². The van der Waals surface area contributed by atoms with Crippen LogP contribution in [0, 0.1) is 5.41 Å². The molecule has 1 N–H and O–H groups in total. The largest absolute Gasteiger partial charge is 0.316 e. The first-order chi connectivity index (χ1) is 9.57. The number of aryl methyl sites for hydroxylation is 1. The molecule has 1 spiro atoms. The van der Waals surface area contributed by atoms with Gasteiger partial charge in [0.15, 0.2) is 5.03 Å². The number of nitrogens with zero attached hydrogens (tertiary/aromatic N) is 3. The van der Waals surface area contributed by atoms with Crippen molar-refractivity contribution in [1.29, 1.82) is 0 Å². The molecule has 1 atom stereocenters. The Morgan fingerprint density at radius 1 is 1.45 bits per heavy atom. The van der Waals surface area contributed by atoms with E-state index in [1.54, 1.807) is 21.3 Å². The number of piperidine rings is 1. The molecule has 0 aromatic carbocycles. The van der Waals surface area contributed by atoms with Crippen molar-refractivity contribution in [2.24, 2.45) is 5.41 Å². The summed E-state index contributed by atoms with van der Waals surface area (Å²) in [6, 6.07) is 1.60. The van der Waals surface area contributed by atoms with E-state index in [1.165, 1.54) is 0 Å². The van der Waals surface area contributed by atoms with Gasteiger partial charge in [-0.2, -0.15) is 9.40 Å². The lowest BCUT2D eigenvalue weighted by molar-refractivity contribution is 0.166. The van der Waals surface area contributed by atoms with E-state index in [0.717, 1.165) is 32.4 Å². The van der Waals surface area contributed by atoms with Crippen molar-refractivity contribution < 1.29 is 8.42 Å². The molecule has 2 saturated heterocycles. The third-order valence-electron chi connectivity index (χ3n) is 4.54. The summed E-state index contributed by atoms with van der Waals surface area (Å²) in [7, 11) is -3.42. The number of sulfonamides is 1. The van der Waals surface area contributed by atoms with Crippen LogP contribution in [-0.2, 0) is 16.6 Å². The molecule has 0 aliphatic carbocycles. The van der Waals surface area contributed by atoms with Crippen LogP contribution in [0.3, 0.4) is 0 Å². The van der Waals surface area contributed by atoms with Crippen LogP contribution in [0.15, 0.2) is 17.3 Å². The minimum absolute atomic E-state index is 0.141. The average molecular weight is 298 g/mol. The van der Waals surface area contributed by atoms with Gasteiger partial charge in [-0.05, 0) is 44.2 Å². The maximum absolute atomic E-state index is 12.8. The smallest absolute Gasteiger partial charge is 0.260 e. The molecule has 3 rings (SSSR count). The summed E-state index contributed by atoms with van der Waals surface area (Å²) < 4.78 is 28.8. The predicted octanol–water partition coefficient (Wildman–Crippen LogP) is 0.667. The Morgan fingerprint density at radius 2 is 2.30 bits per heavy atom. The van der Waals surface area contributed by atoms with Crippen LogP contribution < -0.4 is 5.32 Å². The van der Waals surface area contributed by atoms with Crippen LogP contribution in [-0.4, -0.2) is 48.7 Å². The Kier molecular flexibility index (Phi) is 3.60. The number of hydrogen-bond donors (Lipinski definition) is 1. The lowest BCUT2D eigenvalue weighted by Gasteiger charge is -2.39. The molecule has 112 valence electrons. The minimum atomic E-state index is -3.42. The first-order valence-corrected chi connectivity index (χ1v) is 8.74. The first kappa shape index (κ1) is 14.0. The molecular formula is C13H22N4O2S. The maximum atomic E-state index is 12.8. The van der Waals surface area contributed by atoms with Crippen LogP contribution >= 0.6 is 0 Å². The van der Waals surface area contributed by atoms with Crippen LogP contribution in [0.2, 0.25) is 0 Å². The Bertz CT molecular complexity index is 575. The normalized spacial score (nSPS) is 28.2. The van der Waals surface area contributed by atoms with Crippen LogP contribution in [0.4, 0.5) is 0 Å². The summed E-state index contributed by atoms with van der Waals surface area (Å²) in [4.78, 5) is 0. The minimum Gasteiger partial charge on any atom is -0.316 e. The van der Waals surface area contributed by atoms with Crippen molar-refractivity contribution in [3.8, 4) is 0 Å². The zero-order valence-corrected chi connectivity index (χ0v) is 12.7. The van der Waals surface area contributed by atoms with Crippen molar-refractivity contribution in [3.63, 3.8) is 0 Å². The highest BCUT2D eigenvalue weighted by atomic mass is 32.2. The molecule has 0 saturated carbocycles. The van der Waals surface area contributed by atoms with E-state index in [1.807, 2.05) is 6.92 Å². The fourth-order valence-electron chi connectivity index (χ4n) is 3.42. The van der Waals surface area contributed by atoms with Gasteiger partial charge >= 0.3 is 0 Å². The van der Waals surface area contributed by atoms with E-state index >= 15 is 0 Å². The Morgan fingerprint density at radius 3 is 3.00 bits per heavy atom. The second-order valence-corrected chi connectivity index (χ2v) is 7.74. The van der Waals surface area contributed by atoms with Gasteiger partial charge in [0, 0.05) is 26.2 Å². The van der Waals surface area contributed by atoms with Crippen LogP contribution in [0.1, 0.15) is 26.2 Å². The molecule has 2 fully saturated rings. The molecule has 2 aliphatic rings. The molecule has 0 bridgehead atoms. The summed E-state index contributed by atoms with van der Waals surface area (Å²) in [6.07, 6.45) is 4.71. The van der Waals surface area contributed by atoms with Gasteiger partial charge in [-0.1, -0.05) is 0 Å². The number of nitrogens with one attached hydrogen (secondary N) is 1. The molecule has 1 aromatic heterocycles. The van der Waals surface area contributed by atoms with Gasteiger partial charge in [-0.25, -0.2) is 8.42 Å². The highest BCUT2D eigenvalue weighted by molar-refractivity contribution is 7.89. The molecule has 0 amide bonds. The second-order valence-electron chi connectivity index (χ2n) is 5.85. The summed E-state index contributed by atoms with van der Waals surface area (Å²) in [5.41, 5.74) is 0.141. The highest BCUT2D eigenvalue weighted by Crippen LogP contribution is 2.37.